The molecule has 0 atom stereocenters. The second-order valence-corrected chi connectivity index (χ2v) is 5.23. The monoisotopic (exact) mass is 258 g/mol. The molecule has 2 N–H and O–H groups in total. The minimum Gasteiger partial charge on any atom is -0.330 e. The lowest BCUT2D eigenvalue weighted by molar-refractivity contribution is 0.924. The van der Waals surface area contributed by atoms with Gasteiger partial charge in [-0.25, -0.2) is 9.50 Å². The first kappa shape index (κ1) is 11.4. The van der Waals surface area contributed by atoms with Gasteiger partial charge in [-0.15, -0.1) is 0 Å². The van der Waals surface area contributed by atoms with Crippen LogP contribution in [0.3, 0.4) is 0 Å². The number of hydrogen-bond donors (Lipinski definition) is 1. The number of hydrogen-bond acceptors (Lipinski definition) is 4. The van der Waals surface area contributed by atoms with E-state index in [4.69, 9.17) is 5.73 Å². The molecule has 4 nitrogen and oxygen atoms in total. The molecule has 0 spiro atoms. The van der Waals surface area contributed by atoms with Gasteiger partial charge in [-0.3, -0.25) is 0 Å². The second-order valence-electron chi connectivity index (χ2n) is 4.27. The summed E-state index contributed by atoms with van der Waals surface area (Å²) in [6.07, 6.45) is 2.76. The fourth-order valence-electron chi connectivity index (χ4n) is 1.91. The summed E-state index contributed by atoms with van der Waals surface area (Å²) >= 11 is 1.61. The van der Waals surface area contributed by atoms with Gasteiger partial charge < -0.3 is 5.73 Å². The first-order valence-corrected chi connectivity index (χ1v) is 6.70. The van der Waals surface area contributed by atoms with Gasteiger partial charge in [0.05, 0.1) is 11.9 Å². The fourth-order valence-corrected chi connectivity index (χ4v) is 2.80. The third-order valence-corrected chi connectivity index (χ3v) is 3.73. The lowest BCUT2D eigenvalue weighted by atomic mass is 10.1. The molecule has 0 fully saturated rings. The normalized spacial score (nSPS) is 11.2. The fraction of sp³-hybridized carbons (Fsp3) is 0.231. The number of benzene rings is 1. The molecule has 2 heterocycles. The molecule has 0 saturated carbocycles. The molecule has 0 aliphatic rings. The first-order chi connectivity index (χ1) is 8.76. The lowest BCUT2D eigenvalue weighted by Crippen LogP contribution is -2.02. The SMILES string of the molecule is Cc1cccc(-c2nn3cc(CCN)nc3s2)c1. The molecule has 2 aromatic heterocycles. The summed E-state index contributed by atoms with van der Waals surface area (Å²) in [5.41, 5.74) is 8.91. The molecule has 18 heavy (non-hydrogen) atoms. The minimum absolute atomic E-state index is 0.621. The molecule has 0 aliphatic heterocycles. The quantitative estimate of drug-likeness (QED) is 0.784. The van der Waals surface area contributed by atoms with Crippen molar-refractivity contribution in [2.45, 2.75) is 13.3 Å². The number of fused-ring (bicyclic) bond motifs is 1. The van der Waals surface area contributed by atoms with Crippen molar-refractivity contribution >= 4 is 16.3 Å². The van der Waals surface area contributed by atoms with E-state index in [0.717, 1.165) is 27.6 Å². The van der Waals surface area contributed by atoms with E-state index in [2.05, 4.69) is 41.3 Å². The van der Waals surface area contributed by atoms with Gasteiger partial charge in [0.25, 0.3) is 0 Å². The van der Waals surface area contributed by atoms with Gasteiger partial charge in [0.1, 0.15) is 5.01 Å². The van der Waals surface area contributed by atoms with Crippen LogP contribution in [0.2, 0.25) is 0 Å². The predicted molar refractivity (Wildman–Crippen MR) is 73.8 cm³/mol. The Morgan fingerprint density at radius 2 is 2.28 bits per heavy atom. The number of nitrogens with two attached hydrogens (primary N) is 1. The van der Waals surface area contributed by atoms with E-state index in [1.807, 2.05) is 10.7 Å². The zero-order chi connectivity index (χ0) is 12.5. The molecule has 0 unspecified atom stereocenters. The van der Waals surface area contributed by atoms with E-state index in [-0.39, 0.29) is 0 Å². The number of aryl methyl sites for hydroxylation is 1. The maximum atomic E-state index is 5.52. The van der Waals surface area contributed by atoms with E-state index in [1.165, 1.54) is 5.56 Å². The lowest BCUT2D eigenvalue weighted by Gasteiger charge is -1.96. The molecule has 5 heteroatoms. The molecule has 0 amide bonds. The average molecular weight is 258 g/mol. The van der Waals surface area contributed by atoms with Gasteiger partial charge in [0.15, 0.2) is 0 Å². The van der Waals surface area contributed by atoms with Crippen LogP contribution in [0.4, 0.5) is 0 Å². The summed E-state index contributed by atoms with van der Waals surface area (Å²) in [6, 6.07) is 8.35. The number of nitrogens with zero attached hydrogens (tertiary/aromatic N) is 3. The Balaban J connectivity index is 2.01. The molecule has 1 aromatic carbocycles. The van der Waals surface area contributed by atoms with Crippen LogP contribution < -0.4 is 5.73 Å². The van der Waals surface area contributed by atoms with Gasteiger partial charge in [0, 0.05) is 12.0 Å². The van der Waals surface area contributed by atoms with E-state index in [0.29, 0.717) is 6.54 Å². The molecule has 0 bridgehead atoms. The van der Waals surface area contributed by atoms with Crippen LogP contribution in [0.1, 0.15) is 11.3 Å². The Labute approximate surface area is 109 Å². The van der Waals surface area contributed by atoms with Crippen molar-refractivity contribution in [1.82, 2.24) is 14.6 Å². The highest BCUT2D eigenvalue weighted by atomic mass is 32.1. The van der Waals surface area contributed by atoms with Crippen LogP contribution in [-0.2, 0) is 6.42 Å². The highest BCUT2D eigenvalue weighted by Gasteiger charge is 2.09. The zero-order valence-electron chi connectivity index (χ0n) is 10.1. The summed E-state index contributed by atoms with van der Waals surface area (Å²) in [7, 11) is 0. The van der Waals surface area contributed by atoms with Crippen molar-refractivity contribution in [2.24, 2.45) is 5.73 Å². The number of rotatable bonds is 3. The van der Waals surface area contributed by atoms with Gasteiger partial charge in [0.2, 0.25) is 4.96 Å². The van der Waals surface area contributed by atoms with Gasteiger partial charge in [-0.1, -0.05) is 35.1 Å². The minimum atomic E-state index is 0.621. The molecule has 0 radical (unpaired) electrons. The number of aromatic nitrogens is 3. The van der Waals surface area contributed by atoms with Crippen LogP contribution >= 0.6 is 11.3 Å². The summed E-state index contributed by atoms with van der Waals surface area (Å²) in [6.45, 7) is 2.71. The van der Waals surface area contributed by atoms with Crippen molar-refractivity contribution in [3.8, 4) is 10.6 Å². The average Bonchev–Trinajstić information content (AvgIpc) is 2.87. The highest BCUT2D eigenvalue weighted by Crippen LogP contribution is 2.26. The summed E-state index contributed by atoms with van der Waals surface area (Å²) in [5, 5.41) is 5.56. The van der Waals surface area contributed by atoms with Crippen LogP contribution in [0, 0.1) is 6.92 Å². The zero-order valence-corrected chi connectivity index (χ0v) is 10.9. The Bertz CT molecular complexity index is 652. The molecular weight excluding hydrogens is 244 g/mol. The molecule has 92 valence electrons. The standard InChI is InChI=1S/C13H14N4S/c1-9-3-2-4-10(7-9)12-16-17-8-11(5-6-14)15-13(17)18-12/h2-4,7-8H,5-6,14H2,1H3. The summed E-state index contributed by atoms with van der Waals surface area (Å²) in [5.74, 6) is 0. The van der Waals surface area contributed by atoms with Crippen molar-refractivity contribution in [3.63, 3.8) is 0 Å². The van der Waals surface area contributed by atoms with Crippen molar-refractivity contribution in [2.75, 3.05) is 6.54 Å². The Morgan fingerprint density at radius 3 is 3.00 bits per heavy atom. The number of imidazole rings is 1. The van der Waals surface area contributed by atoms with E-state index in [1.54, 1.807) is 11.3 Å². The van der Waals surface area contributed by atoms with E-state index >= 15 is 0 Å². The van der Waals surface area contributed by atoms with Crippen molar-refractivity contribution in [3.05, 3.63) is 41.7 Å². The highest BCUT2D eigenvalue weighted by molar-refractivity contribution is 7.19. The summed E-state index contributed by atoms with van der Waals surface area (Å²) < 4.78 is 1.84. The molecule has 3 rings (SSSR count). The third kappa shape index (κ3) is 2.02. The van der Waals surface area contributed by atoms with Crippen LogP contribution in [0.25, 0.3) is 15.5 Å². The Hall–Kier alpha value is -1.72. The van der Waals surface area contributed by atoms with Crippen LogP contribution in [0.15, 0.2) is 30.5 Å². The molecule has 3 aromatic rings. The Morgan fingerprint density at radius 1 is 1.39 bits per heavy atom. The van der Waals surface area contributed by atoms with Crippen LogP contribution in [0.5, 0.6) is 0 Å². The van der Waals surface area contributed by atoms with E-state index < -0.39 is 0 Å². The first-order valence-electron chi connectivity index (χ1n) is 5.88. The van der Waals surface area contributed by atoms with Crippen molar-refractivity contribution in [1.29, 1.82) is 0 Å². The largest absolute Gasteiger partial charge is 0.330 e. The Kier molecular flexibility index (Phi) is 2.85. The van der Waals surface area contributed by atoms with Gasteiger partial charge in [-0.05, 0) is 19.5 Å². The molecule has 0 aliphatic carbocycles. The third-order valence-electron chi connectivity index (χ3n) is 2.76. The maximum absolute atomic E-state index is 5.52. The smallest absolute Gasteiger partial charge is 0.212 e. The second kappa shape index (κ2) is 4.51. The molecular formula is C13H14N4S. The van der Waals surface area contributed by atoms with Gasteiger partial charge in [-0.2, -0.15) is 5.10 Å². The molecule has 0 saturated heterocycles. The van der Waals surface area contributed by atoms with Gasteiger partial charge >= 0.3 is 0 Å². The summed E-state index contributed by atoms with van der Waals surface area (Å²) in [4.78, 5) is 5.44. The van der Waals surface area contributed by atoms with E-state index in [9.17, 15) is 0 Å². The maximum Gasteiger partial charge on any atom is 0.212 e. The van der Waals surface area contributed by atoms with Crippen LogP contribution in [-0.4, -0.2) is 21.1 Å². The van der Waals surface area contributed by atoms with Crippen molar-refractivity contribution < 1.29 is 0 Å². The predicted octanol–water partition coefficient (Wildman–Crippen LogP) is 2.27. The topological polar surface area (TPSA) is 56.2 Å².